The number of halogens is 2. The topological polar surface area (TPSA) is 103 Å². The third kappa shape index (κ3) is 3.61. The smallest absolute Gasteiger partial charge is 0.313 e. The maximum atomic E-state index is 14.1. The maximum absolute atomic E-state index is 14.1. The van der Waals surface area contributed by atoms with E-state index in [-0.39, 0.29) is 16.3 Å². The number of rotatable bonds is 5. The molecule has 0 bridgehead atoms. The molecule has 0 spiro atoms. The Kier molecular flexibility index (Phi) is 4.80. The second kappa shape index (κ2) is 6.89. The first kappa shape index (κ1) is 18.1. The number of furan rings is 1. The molecule has 0 aliphatic rings. The van der Waals surface area contributed by atoms with Crippen LogP contribution in [0.25, 0.3) is 11.3 Å². The Morgan fingerprint density at radius 1 is 1.15 bits per heavy atom. The molecule has 136 valence electrons. The molecule has 2 aromatic carbocycles. The van der Waals surface area contributed by atoms with Crippen molar-refractivity contribution in [2.45, 2.75) is 5.75 Å². The molecule has 0 amide bonds. The normalized spacial score (nSPS) is 11.5. The van der Waals surface area contributed by atoms with Crippen LogP contribution in [0, 0.1) is 5.82 Å². The van der Waals surface area contributed by atoms with Gasteiger partial charge >= 0.3 is 10.1 Å². The molecule has 0 fully saturated rings. The fourth-order valence-electron chi connectivity index (χ4n) is 2.30. The zero-order valence-corrected chi connectivity index (χ0v) is 14.7. The van der Waals surface area contributed by atoms with Crippen LogP contribution in [0.5, 0.6) is 11.5 Å². The van der Waals surface area contributed by atoms with E-state index in [4.69, 9.17) is 25.9 Å². The largest absolute Gasteiger partial charge is 0.501 e. The highest BCUT2D eigenvalue weighted by Gasteiger charge is 2.27. The second-order valence-corrected chi connectivity index (χ2v) is 7.32. The fraction of sp³-hybridized carbons (Fsp3) is 0.0588. The van der Waals surface area contributed by atoms with Gasteiger partial charge in [0, 0.05) is 0 Å². The van der Waals surface area contributed by atoms with Crippen LogP contribution >= 0.6 is 11.6 Å². The molecule has 3 N–H and O–H groups in total. The summed E-state index contributed by atoms with van der Waals surface area (Å²) in [5.74, 6) is -3.52. The summed E-state index contributed by atoms with van der Waals surface area (Å²) in [6.07, 6.45) is 0. The monoisotopic (exact) mass is 397 g/mol. The van der Waals surface area contributed by atoms with Gasteiger partial charge in [-0.3, -0.25) is 0 Å². The van der Waals surface area contributed by atoms with Crippen molar-refractivity contribution in [3.63, 3.8) is 0 Å². The molecule has 0 radical (unpaired) electrons. The lowest BCUT2D eigenvalue weighted by Crippen LogP contribution is -2.12. The Hall–Kier alpha value is -2.71. The zero-order valence-electron chi connectivity index (χ0n) is 13.1. The van der Waals surface area contributed by atoms with Crippen molar-refractivity contribution in [1.29, 1.82) is 0 Å². The van der Waals surface area contributed by atoms with Crippen LogP contribution in [0.4, 0.5) is 10.3 Å². The van der Waals surface area contributed by atoms with Gasteiger partial charge < -0.3 is 19.4 Å². The average Bonchev–Trinajstić information content (AvgIpc) is 2.85. The molecule has 0 atom stereocenters. The maximum Gasteiger partial charge on any atom is 0.313 e. The number of benzene rings is 2. The summed E-state index contributed by atoms with van der Waals surface area (Å²) in [5.41, 5.74) is 5.90. The lowest BCUT2D eigenvalue weighted by atomic mass is 10.1. The van der Waals surface area contributed by atoms with Crippen molar-refractivity contribution >= 4 is 27.6 Å². The van der Waals surface area contributed by atoms with Crippen molar-refractivity contribution in [3.05, 3.63) is 64.9 Å². The fourth-order valence-corrected chi connectivity index (χ4v) is 3.55. The minimum absolute atomic E-state index is 0.183. The van der Waals surface area contributed by atoms with Crippen LogP contribution in [0.3, 0.4) is 0 Å². The van der Waals surface area contributed by atoms with Crippen molar-refractivity contribution < 1.29 is 26.5 Å². The SMILES string of the molecule is Nc1oc(-c2cccc(Cl)c2F)c(O)c1OS(=O)(=O)Cc1ccccc1. The van der Waals surface area contributed by atoms with Crippen LogP contribution in [0.15, 0.2) is 52.9 Å². The predicted octanol–water partition coefficient (Wildman–Crippen LogP) is 3.94. The zero-order chi connectivity index (χ0) is 18.9. The Morgan fingerprint density at radius 2 is 1.85 bits per heavy atom. The van der Waals surface area contributed by atoms with Gasteiger partial charge in [0.15, 0.2) is 11.6 Å². The summed E-state index contributed by atoms with van der Waals surface area (Å²) < 4.78 is 48.6. The molecule has 0 aliphatic heterocycles. The second-order valence-electron chi connectivity index (χ2n) is 5.35. The minimum Gasteiger partial charge on any atom is -0.501 e. The Balaban J connectivity index is 1.95. The molecular formula is C17H13ClFNO5S. The van der Waals surface area contributed by atoms with E-state index < -0.39 is 39.1 Å². The van der Waals surface area contributed by atoms with Crippen molar-refractivity contribution in [2.75, 3.05) is 5.73 Å². The van der Waals surface area contributed by atoms with E-state index in [1.54, 1.807) is 30.3 Å². The van der Waals surface area contributed by atoms with E-state index in [1.807, 2.05) is 0 Å². The molecular weight excluding hydrogens is 385 g/mol. The third-order valence-electron chi connectivity index (χ3n) is 3.46. The van der Waals surface area contributed by atoms with Crippen LogP contribution in [-0.4, -0.2) is 13.5 Å². The summed E-state index contributed by atoms with van der Waals surface area (Å²) in [7, 11) is -4.14. The van der Waals surface area contributed by atoms with Gasteiger partial charge in [-0.2, -0.15) is 8.42 Å². The first-order valence-corrected chi connectivity index (χ1v) is 9.25. The van der Waals surface area contributed by atoms with E-state index in [0.29, 0.717) is 5.56 Å². The van der Waals surface area contributed by atoms with Crippen LogP contribution < -0.4 is 9.92 Å². The highest BCUT2D eigenvalue weighted by atomic mass is 35.5. The van der Waals surface area contributed by atoms with Gasteiger partial charge in [-0.25, -0.2) is 4.39 Å². The van der Waals surface area contributed by atoms with E-state index in [2.05, 4.69) is 0 Å². The van der Waals surface area contributed by atoms with Gasteiger partial charge in [-0.1, -0.05) is 48.0 Å². The number of hydrogen-bond donors (Lipinski definition) is 2. The van der Waals surface area contributed by atoms with Crippen molar-refractivity contribution in [2.24, 2.45) is 0 Å². The number of anilines is 1. The minimum atomic E-state index is -4.14. The highest BCUT2D eigenvalue weighted by molar-refractivity contribution is 7.86. The first-order chi connectivity index (χ1) is 12.3. The van der Waals surface area contributed by atoms with E-state index >= 15 is 0 Å². The van der Waals surface area contributed by atoms with Crippen molar-refractivity contribution in [3.8, 4) is 22.8 Å². The average molecular weight is 398 g/mol. The van der Waals surface area contributed by atoms with Gasteiger partial charge in [0.2, 0.25) is 17.4 Å². The Labute approximate surface area is 153 Å². The number of aromatic hydroxyl groups is 1. The molecule has 3 rings (SSSR count). The molecule has 6 nitrogen and oxygen atoms in total. The van der Waals surface area contributed by atoms with Crippen LogP contribution in [0.2, 0.25) is 5.02 Å². The van der Waals surface area contributed by atoms with E-state index in [9.17, 15) is 17.9 Å². The standard InChI is InChI=1S/C17H13ClFNO5S/c18-12-8-4-7-11(13(12)19)15-14(21)16(17(20)24-15)25-26(22,23)9-10-5-2-1-3-6-10/h1-8,21H,9,20H2. The van der Waals surface area contributed by atoms with Gasteiger partial charge in [0.1, 0.15) is 5.75 Å². The Bertz CT molecular complexity index is 1050. The Morgan fingerprint density at radius 3 is 2.54 bits per heavy atom. The van der Waals surface area contributed by atoms with Gasteiger partial charge in [0.25, 0.3) is 0 Å². The summed E-state index contributed by atoms with van der Waals surface area (Å²) in [6.45, 7) is 0. The van der Waals surface area contributed by atoms with Gasteiger partial charge in [-0.05, 0) is 17.7 Å². The number of hydrogen-bond acceptors (Lipinski definition) is 6. The lowest BCUT2D eigenvalue weighted by molar-refractivity contribution is 0.432. The molecule has 9 heteroatoms. The molecule has 1 aromatic heterocycles. The quantitative estimate of drug-likeness (QED) is 0.632. The molecule has 0 saturated heterocycles. The lowest BCUT2D eigenvalue weighted by Gasteiger charge is -2.06. The number of nitrogens with two attached hydrogens (primary N) is 1. The van der Waals surface area contributed by atoms with Crippen molar-refractivity contribution in [1.82, 2.24) is 0 Å². The summed E-state index contributed by atoms with van der Waals surface area (Å²) in [4.78, 5) is 0. The van der Waals surface area contributed by atoms with Gasteiger partial charge in [0.05, 0.1) is 10.6 Å². The van der Waals surface area contributed by atoms with E-state index in [1.165, 1.54) is 18.2 Å². The van der Waals surface area contributed by atoms with Crippen LogP contribution in [0.1, 0.15) is 5.56 Å². The predicted molar refractivity (Wildman–Crippen MR) is 94.9 cm³/mol. The molecule has 0 aliphatic carbocycles. The molecule has 26 heavy (non-hydrogen) atoms. The van der Waals surface area contributed by atoms with Gasteiger partial charge in [-0.15, -0.1) is 0 Å². The summed E-state index contributed by atoms with van der Waals surface area (Å²) in [6, 6.07) is 12.3. The third-order valence-corrected chi connectivity index (χ3v) is 4.86. The molecule has 3 aromatic rings. The molecule has 0 unspecified atom stereocenters. The van der Waals surface area contributed by atoms with Crippen LogP contribution in [-0.2, 0) is 15.9 Å². The molecule has 1 heterocycles. The number of nitrogen functional groups attached to an aromatic ring is 1. The van der Waals surface area contributed by atoms with E-state index in [0.717, 1.165) is 0 Å². The summed E-state index contributed by atoms with van der Waals surface area (Å²) >= 11 is 5.70. The molecule has 0 saturated carbocycles. The first-order valence-electron chi connectivity index (χ1n) is 7.30. The summed E-state index contributed by atoms with van der Waals surface area (Å²) in [5, 5.41) is 10.0. The highest BCUT2D eigenvalue weighted by Crippen LogP contribution is 2.46.